The van der Waals surface area contributed by atoms with Gasteiger partial charge < -0.3 is 69.6 Å². The second-order valence-electron chi connectivity index (χ2n) is 21.9. The molecule has 2 heterocycles. The molecule has 1 fully saturated rings. The van der Waals surface area contributed by atoms with Crippen LogP contribution >= 0.6 is 11.8 Å². The number of amides is 4. The minimum Gasteiger partial charge on any atom is -0.508 e. The van der Waals surface area contributed by atoms with Crippen molar-refractivity contribution in [2.75, 3.05) is 31.7 Å². The largest absolute Gasteiger partial charge is 0.508 e. The first-order valence-electron chi connectivity index (χ1n) is 30.9. The molecule has 1 aliphatic rings. The molecule has 4 amide bonds. The fraction of sp³-hybridized carbons (Fsp3) is 0.257. The molecule has 0 atom stereocenters. The van der Waals surface area contributed by atoms with Gasteiger partial charge in [-0.3, -0.25) is 59.0 Å². The van der Waals surface area contributed by atoms with E-state index in [0.717, 1.165) is 51.7 Å². The number of carbonyl (C=O) groups is 11. The van der Waals surface area contributed by atoms with E-state index in [1.807, 2.05) is 34.2 Å². The van der Waals surface area contributed by atoms with Gasteiger partial charge >= 0.3 is 59.3 Å². The third-order valence-electron chi connectivity index (χ3n) is 14.1. The van der Waals surface area contributed by atoms with Gasteiger partial charge in [-0.25, -0.2) is 33.3 Å². The number of esters is 1. The number of nitrogens with zero attached hydrogens (tertiary/aromatic N) is 1. The third-order valence-corrected chi connectivity index (χ3v) is 14.9. The number of aromatic nitrogens is 3. The average molecular weight is 1580 g/mol. The van der Waals surface area contributed by atoms with Gasteiger partial charge in [0.15, 0.2) is 12.6 Å². The van der Waals surface area contributed by atoms with Crippen LogP contribution in [-0.4, -0.2) is 171 Å². The number of carboxylic acid groups (broad SMARTS) is 3. The van der Waals surface area contributed by atoms with Crippen LogP contribution in [0, 0.1) is 5.41 Å². The molecule has 33 nitrogen and oxygen atoms in total. The van der Waals surface area contributed by atoms with Crippen molar-refractivity contribution < 1.29 is 149 Å². The van der Waals surface area contributed by atoms with Crippen molar-refractivity contribution in [3.05, 3.63) is 218 Å². The molecular formula is C70H73F6N5O28S. The minimum atomic E-state index is -5.70. The summed E-state index contributed by atoms with van der Waals surface area (Å²) in [4.78, 5) is 149. The van der Waals surface area contributed by atoms with E-state index in [2.05, 4.69) is 50.0 Å². The molecule has 0 unspecified atom stereocenters. The summed E-state index contributed by atoms with van der Waals surface area (Å²) in [6.45, 7) is 10.5. The Morgan fingerprint density at radius 3 is 1.23 bits per heavy atom. The SMILES string of the molecule is C=CCn1c(=O)[nH]c(=O)[nH]c1=O.CC(C)(c1ccc(O)cc1)c1ccc(O)cc1.CCC1(CC)C(=O)NC(=O)NC1=O.O=C(Oc1ccc(O)cc1)c1ccc(O)cc1.O=COCC(=O)CC(=O)O.O=COCOCC(=O)O.O=COCSCC(=O)O.Oc1ccc(C(c2ccc(O)cc2)(C(F)(F)F)C(F)(F)F)cc1. The summed E-state index contributed by atoms with van der Waals surface area (Å²) in [7, 11) is 0. The van der Waals surface area contributed by atoms with E-state index in [4.69, 9.17) is 40.5 Å². The third kappa shape index (κ3) is 31.8. The Bertz CT molecular complexity index is 4150. The fourth-order valence-corrected chi connectivity index (χ4v) is 8.99. The molecular weight excluding hydrogens is 1500 g/mol. The van der Waals surface area contributed by atoms with Gasteiger partial charge in [0, 0.05) is 5.41 Å². The second kappa shape index (κ2) is 46.6. The lowest BCUT2D eigenvalue weighted by molar-refractivity contribution is -0.288. The number of aromatic amines is 2. The molecule has 0 saturated carbocycles. The number of ketones is 1. The molecule has 7 aromatic rings. The minimum absolute atomic E-state index is 0.0339. The van der Waals surface area contributed by atoms with Crippen molar-refractivity contribution in [2.45, 2.75) is 76.7 Å². The van der Waals surface area contributed by atoms with E-state index >= 15 is 0 Å². The quantitative estimate of drug-likeness (QED) is 0.00310. The van der Waals surface area contributed by atoms with E-state index in [0.29, 0.717) is 48.4 Å². The number of carboxylic acids is 3. The molecule has 6 aromatic carbocycles. The lowest BCUT2D eigenvalue weighted by Crippen LogP contribution is -2.61. The molecule has 40 heteroatoms. The van der Waals surface area contributed by atoms with Gasteiger partial charge in [-0.15, -0.1) is 18.3 Å². The number of hydrogen-bond acceptors (Lipinski definition) is 26. The zero-order chi connectivity index (χ0) is 83.6. The van der Waals surface area contributed by atoms with E-state index in [1.54, 1.807) is 38.1 Å². The number of aliphatic carboxylic acids is 3. The van der Waals surface area contributed by atoms with E-state index < -0.39 is 130 Å². The number of thioether (sulfide) groups is 1. The molecule has 110 heavy (non-hydrogen) atoms. The van der Waals surface area contributed by atoms with Crippen LogP contribution in [0.2, 0.25) is 0 Å². The fourth-order valence-electron chi connectivity index (χ4n) is 8.58. The van der Waals surface area contributed by atoms with Crippen molar-refractivity contribution in [3.63, 3.8) is 0 Å². The van der Waals surface area contributed by atoms with Crippen LogP contribution < -0.4 is 32.4 Å². The van der Waals surface area contributed by atoms with Crippen LogP contribution in [0.5, 0.6) is 40.2 Å². The predicted molar refractivity (Wildman–Crippen MR) is 372 cm³/mol. The Morgan fingerprint density at radius 1 is 0.518 bits per heavy atom. The van der Waals surface area contributed by atoms with Crippen LogP contribution in [-0.2, 0) is 79.5 Å². The molecule has 0 spiro atoms. The molecule has 0 radical (unpaired) electrons. The molecule has 1 aliphatic heterocycles. The topological polar surface area (TPSA) is 528 Å². The Balaban J connectivity index is 0.000000642. The Kier molecular flexibility index (Phi) is 40.2. The summed E-state index contributed by atoms with van der Waals surface area (Å²) in [6.07, 6.45) is -9.82. The first kappa shape index (κ1) is 94.7. The summed E-state index contributed by atoms with van der Waals surface area (Å²) in [6, 6.07) is 30.6. The maximum atomic E-state index is 13.6. The summed E-state index contributed by atoms with van der Waals surface area (Å²) >= 11 is 1.03. The number of benzene rings is 6. The molecule has 1 aromatic heterocycles. The number of H-pyrrole nitrogens is 2. The zero-order valence-electron chi connectivity index (χ0n) is 58.1. The second-order valence-corrected chi connectivity index (χ2v) is 22.8. The highest BCUT2D eigenvalue weighted by atomic mass is 32.2. The number of Topliss-reactive ketones (excluding diaryl/α,β-unsaturated/α-hetero) is 1. The Labute approximate surface area is 621 Å². The van der Waals surface area contributed by atoms with Gasteiger partial charge in [-0.05, 0) is 132 Å². The molecule has 0 aliphatic carbocycles. The monoisotopic (exact) mass is 1580 g/mol. The Morgan fingerprint density at radius 2 is 0.891 bits per heavy atom. The Hall–Kier alpha value is -13.3. The number of phenols is 6. The standard InChI is InChI=1S/C15H10F6O2.C15H16O2.C13H10O4.C8H12N2O3.C6H7N3O3.C5H6O5.C4H6O5.C4H6O4S/c16-14(17,18)13(15(19,20)21,9-1-5-11(22)6-2-9)10-3-7-12(23)8-4-10;1-15(2,11-3-7-13(16)8-4-11)12-5-9-14(17)10-6-12;14-10-3-1-9(2-4-10)13(16)17-12-7-5-11(15)6-8-12;1-3-8(4-2)5(11)9-7(13)10-6(8)12;1-2-3-9-5(11)7-4(10)8-6(9)12;6-3-10-2-4(7)1-5(8)9;5-2-9-3-8-1-4(6)7;5-2-8-3-9-1-4(6)7/h1-8,22-23H;3-10,16-17H,1-2H3;1-8,14-15H;3-4H2,1-2H3,(H2,9,10,11,12,13);2H,1,3H2,(H2,7,8,10,11,12);3H,1-2H2,(H,8,9);2*2H,1,3H2,(H,6,7). The van der Waals surface area contributed by atoms with E-state index in [-0.39, 0.29) is 72.9 Å². The number of ether oxygens (including phenoxy) is 5. The number of imide groups is 2. The molecule has 594 valence electrons. The van der Waals surface area contributed by atoms with Crippen LogP contribution in [0.1, 0.15) is 79.6 Å². The summed E-state index contributed by atoms with van der Waals surface area (Å²) in [5, 5.41) is 83.2. The lowest BCUT2D eigenvalue weighted by Gasteiger charge is -2.38. The highest BCUT2D eigenvalue weighted by molar-refractivity contribution is 7.99. The molecule has 0 bridgehead atoms. The van der Waals surface area contributed by atoms with Gasteiger partial charge in [0.05, 0.1) is 17.9 Å². The number of carbonyl (C=O) groups excluding carboxylic acids is 8. The lowest BCUT2D eigenvalue weighted by atomic mass is 9.73. The maximum absolute atomic E-state index is 13.6. The highest BCUT2D eigenvalue weighted by Crippen LogP contribution is 2.56. The normalized spacial score (nSPS) is 11.7. The van der Waals surface area contributed by atoms with Crippen molar-refractivity contribution in [1.82, 2.24) is 25.2 Å². The van der Waals surface area contributed by atoms with Gasteiger partial charge in [-0.1, -0.05) is 82.3 Å². The maximum Gasteiger partial charge on any atom is 0.411 e. The number of halogens is 6. The predicted octanol–water partition coefficient (Wildman–Crippen LogP) is 7.17. The zero-order valence-corrected chi connectivity index (χ0v) is 59.0. The van der Waals surface area contributed by atoms with Crippen molar-refractivity contribution >= 4 is 78.7 Å². The van der Waals surface area contributed by atoms with Crippen LogP contribution in [0.25, 0.3) is 0 Å². The van der Waals surface area contributed by atoms with Crippen molar-refractivity contribution in [2.24, 2.45) is 5.41 Å². The number of urea groups is 1. The van der Waals surface area contributed by atoms with E-state index in [9.17, 15) is 104 Å². The molecule has 13 N–H and O–H groups in total. The average Bonchev–Trinajstić information content (AvgIpc) is 0.716. The number of alkyl halides is 6. The number of allylic oxidation sites excluding steroid dienone is 1. The number of aromatic hydroxyl groups is 6. The number of nitrogens with one attached hydrogen (secondary N) is 4. The molecule has 1 saturated heterocycles. The van der Waals surface area contributed by atoms with Gasteiger partial charge in [0.25, 0.3) is 19.4 Å². The first-order chi connectivity index (χ1) is 51.6. The number of barbiturate groups is 1. The van der Waals surface area contributed by atoms with Crippen LogP contribution in [0.15, 0.2) is 173 Å². The summed E-state index contributed by atoms with van der Waals surface area (Å²) in [5.74, 6) is -5.11. The van der Waals surface area contributed by atoms with Crippen LogP contribution in [0.4, 0.5) is 31.1 Å². The van der Waals surface area contributed by atoms with Crippen LogP contribution in [0.3, 0.4) is 0 Å². The number of hydrogen-bond donors (Lipinski definition) is 13. The smallest absolute Gasteiger partial charge is 0.411 e. The van der Waals surface area contributed by atoms with Crippen molar-refractivity contribution in [3.8, 4) is 40.2 Å². The highest BCUT2D eigenvalue weighted by Gasteiger charge is 2.72. The summed E-state index contributed by atoms with van der Waals surface area (Å²) < 4.78 is 104. The molecule has 8 rings (SSSR count). The van der Waals surface area contributed by atoms with E-state index in [1.165, 1.54) is 54.6 Å². The summed E-state index contributed by atoms with van der Waals surface area (Å²) in [5.41, 5.74) is -7.33. The van der Waals surface area contributed by atoms with Gasteiger partial charge in [0.2, 0.25) is 17.2 Å². The number of phenolic OH excluding ortho intramolecular Hbond substituents is 6. The van der Waals surface area contributed by atoms with Gasteiger partial charge in [0.1, 0.15) is 71.2 Å². The van der Waals surface area contributed by atoms with Gasteiger partial charge in [-0.2, -0.15) is 26.3 Å². The van der Waals surface area contributed by atoms with Crippen molar-refractivity contribution in [1.29, 1.82) is 0 Å². The first-order valence-corrected chi connectivity index (χ1v) is 32.0. The number of rotatable bonds is 25.